The topological polar surface area (TPSA) is 91.7 Å². The van der Waals surface area contributed by atoms with E-state index in [0.29, 0.717) is 22.6 Å². The van der Waals surface area contributed by atoms with Gasteiger partial charge in [-0.15, -0.1) is 0 Å². The van der Waals surface area contributed by atoms with Crippen LogP contribution in [0.5, 0.6) is 0 Å². The second-order valence-corrected chi connectivity index (χ2v) is 11.6. The lowest BCUT2D eigenvalue weighted by atomic mass is 9.92. The molecular weight excluding hydrogens is 532 g/mol. The van der Waals surface area contributed by atoms with Gasteiger partial charge < -0.3 is 9.97 Å². The summed E-state index contributed by atoms with van der Waals surface area (Å²) in [5, 5.41) is 4.94. The number of hydrogen-bond acceptors (Lipinski definition) is 4. The van der Waals surface area contributed by atoms with E-state index in [9.17, 15) is 4.79 Å². The van der Waals surface area contributed by atoms with Crippen LogP contribution < -0.4 is 5.56 Å². The van der Waals surface area contributed by atoms with E-state index >= 15 is 0 Å². The molecule has 0 unspecified atom stereocenters. The Morgan fingerprint density at radius 1 is 0.605 bits per heavy atom. The van der Waals surface area contributed by atoms with Crippen molar-refractivity contribution in [2.45, 2.75) is 41.5 Å². The highest BCUT2D eigenvalue weighted by atomic mass is 16.1. The molecular formula is C36H32N6O. The van der Waals surface area contributed by atoms with Gasteiger partial charge in [0, 0.05) is 28.2 Å². The Labute approximate surface area is 249 Å². The van der Waals surface area contributed by atoms with Crippen LogP contribution in [0.1, 0.15) is 44.9 Å². The fraction of sp³-hybridized carbons (Fsp3) is 0.167. The molecule has 43 heavy (non-hydrogen) atoms. The highest BCUT2D eigenvalue weighted by Crippen LogP contribution is 2.36. The lowest BCUT2D eigenvalue weighted by molar-refractivity contribution is 0.902. The lowest BCUT2D eigenvalue weighted by Gasteiger charge is -2.13. The Bertz CT molecular complexity index is 2290. The molecule has 6 aromatic rings. The van der Waals surface area contributed by atoms with Crippen LogP contribution in [0.15, 0.2) is 65.5 Å². The van der Waals surface area contributed by atoms with Crippen LogP contribution in [0, 0.1) is 41.5 Å². The molecule has 4 aromatic heterocycles. The highest BCUT2D eigenvalue weighted by Gasteiger charge is 2.17. The molecule has 0 saturated heterocycles. The van der Waals surface area contributed by atoms with Gasteiger partial charge in [0.05, 0.1) is 11.2 Å². The third-order valence-corrected chi connectivity index (χ3v) is 8.13. The Morgan fingerprint density at radius 3 is 1.88 bits per heavy atom. The van der Waals surface area contributed by atoms with Crippen LogP contribution in [0.4, 0.5) is 0 Å². The first-order valence-electron chi connectivity index (χ1n) is 14.4. The maximum Gasteiger partial charge on any atom is 0.272 e. The van der Waals surface area contributed by atoms with Crippen molar-refractivity contribution in [3.8, 4) is 22.3 Å². The summed E-state index contributed by atoms with van der Waals surface area (Å²) in [5.74, 6) is 0.615. The molecule has 0 saturated carbocycles. The molecule has 1 aliphatic heterocycles. The number of hydrogen-bond donors (Lipinski definition) is 2. The van der Waals surface area contributed by atoms with Gasteiger partial charge in [-0.2, -0.15) is 9.61 Å². The van der Waals surface area contributed by atoms with Gasteiger partial charge in [0.25, 0.3) is 5.56 Å². The molecule has 1 aliphatic rings. The average Bonchev–Trinajstić information content (AvgIpc) is 3.70. The summed E-state index contributed by atoms with van der Waals surface area (Å²) in [5.41, 5.74) is 15.2. The molecule has 0 atom stereocenters. The normalized spacial score (nSPS) is 12.0. The summed E-state index contributed by atoms with van der Waals surface area (Å²) < 4.78 is 1.45. The monoisotopic (exact) mass is 564 g/mol. The molecule has 7 rings (SSSR count). The van der Waals surface area contributed by atoms with Crippen LogP contribution in [0.2, 0.25) is 0 Å². The summed E-state index contributed by atoms with van der Waals surface area (Å²) in [6, 6.07) is 20.0. The molecule has 8 bridgehead atoms. The van der Waals surface area contributed by atoms with Gasteiger partial charge in [0.2, 0.25) is 0 Å². The summed E-state index contributed by atoms with van der Waals surface area (Å²) in [6.45, 7) is 12.7. The Kier molecular flexibility index (Phi) is 6.13. The lowest BCUT2D eigenvalue weighted by Crippen LogP contribution is -2.14. The zero-order valence-electron chi connectivity index (χ0n) is 25.1. The molecule has 2 aromatic carbocycles. The van der Waals surface area contributed by atoms with E-state index in [2.05, 4.69) is 75.8 Å². The molecule has 0 spiro atoms. The number of nitrogens with zero attached hydrogens (tertiary/aromatic N) is 4. The van der Waals surface area contributed by atoms with E-state index in [-0.39, 0.29) is 5.56 Å². The van der Waals surface area contributed by atoms with Gasteiger partial charge >= 0.3 is 0 Å². The number of benzene rings is 2. The standard InChI is InChI=1S/C36H32N6O/c1-19-15-21(3)33(22(4)16-19)35-25-7-11-29(37-25)40-30-12-8-26(38-30)36(34-23(5)17-20(2)18-24(34)6)28-10-14-32(43)42(41-28)31-13-9-27(35)39-31/h7-18,39H,1-6H3,(H,37,38,40). The molecule has 0 radical (unpaired) electrons. The molecule has 5 heterocycles. The van der Waals surface area contributed by atoms with Crippen molar-refractivity contribution in [2.24, 2.45) is 0 Å². The molecule has 212 valence electrons. The summed E-state index contributed by atoms with van der Waals surface area (Å²) in [7, 11) is 0. The van der Waals surface area contributed by atoms with Crippen LogP contribution in [0.25, 0.3) is 62.3 Å². The van der Waals surface area contributed by atoms with Crippen molar-refractivity contribution in [1.82, 2.24) is 29.5 Å². The van der Waals surface area contributed by atoms with Gasteiger partial charge in [-0.25, -0.2) is 9.97 Å². The zero-order valence-corrected chi connectivity index (χ0v) is 25.1. The molecule has 7 nitrogen and oxygen atoms in total. The van der Waals surface area contributed by atoms with Crippen LogP contribution in [-0.4, -0.2) is 29.5 Å². The van der Waals surface area contributed by atoms with Crippen LogP contribution in [-0.2, 0) is 0 Å². The summed E-state index contributed by atoms with van der Waals surface area (Å²) in [4.78, 5) is 30.2. The van der Waals surface area contributed by atoms with Gasteiger partial charge in [-0.05, 0) is 117 Å². The first-order valence-corrected chi connectivity index (χ1v) is 14.4. The molecule has 7 heteroatoms. The van der Waals surface area contributed by atoms with E-state index < -0.39 is 0 Å². The van der Waals surface area contributed by atoms with Gasteiger partial charge in [-0.3, -0.25) is 4.79 Å². The number of aromatic nitrogens is 6. The van der Waals surface area contributed by atoms with E-state index in [4.69, 9.17) is 15.1 Å². The largest absolute Gasteiger partial charge is 0.340 e. The summed E-state index contributed by atoms with van der Waals surface area (Å²) in [6.07, 6.45) is 3.95. The maximum absolute atomic E-state index is 13.3. The fourth-order valence-corrected chi connectivity index (χ4v) is 6.59. The first kappa shape index (κ1) is 26.6. The Balaban J connectivity index is 1.68. The van der Waals surface area contributed by atoms with E-state index in [1.54, 1.807) is 12.1 Å². The van der Waals surface area contributed by atoms with E-state index in [0.717, 1.165) is 61.2 Å². The van der Waals surface area contributed by atoms with Crippen molar-refractivity contribution < 1.29 is 0 Å². The van der Waals surface area contributed by atoms with Gasteiger partial charge in [0.15, 0.2) is 5.82 Å². The predicted molar refractivity (Wildman–Crippen MR) is 175 cm³/mol. The van der Waals surface area contributed by atoms with E-state index in [1.165, 1.54) is 15.6 Å². The number of H-pyrrole nitrogens is 2. The summed E-state index contributed by atoms with van der Waals surface area (Å²) >= 11 is 0. The van der Waals surface area contributed by atoms with Crippen molar-refractivity contribution in [3.05, 3.63) is 116 Å². The number of nitrogens with one attached hydrogen (secondary N) is 2. The molecule has 2 N–H and O–H groups in total. The van der Waals surface area contributed by atoms with Crippen molar-refractivity contribution in [1.29, 1.82) is 0 Å². The van der Waals surface area contributed by atoms with Crippen molar-refractivity contribution in [3.63, 3.8) is 0 Å². The molecule has 0 fully saturated rings. The minimum Gasteiger partial charge on any atom is -0.340 e. The highest BCUT2D eigenvalue weighted by molar-refractivity contribution is 5.95. The second-order valence-electron chi connectivity index (χ2n) is 11.6. The SMILES string of the molecule is Cc1cc(C)c(-c2c3nc(nc4ccc([nH]4)c(-c4c(C)cc(C)cc4C)c4ccc(=O)n(n4)c4ccc2[nH]4)C=C3)c(C)c1. The fourth-order valence-electron chi connectivity index (χ4n) is 6.59. The minimum absolute atomic E-state index is 0.224. The predicted octanol–water partition coefficient (Wildman–Crippen LogP) is 7.80. The smallest absolute Gasteiger partial charge is 0.272 e. The molecule has 0 aliphatic carbocycles. The first-order chi connectivity index (χ1) is 20.7. The number of aromatic amines is 2. The van der Waals surface area contributed by atoms with Crippen molar-refractivity contribution in [2.75, 3.05) is 0 Å². The quantitative estimate of drug-likeness (QED) is 0.224. The third-order valence-electron chi connectivity index (χ3n) is 8.13. The second kappa shape index (κ2) is 9.91. The van der Waals surface area contributed by atoms with Crippen LogP contribution in [0.3, 0.4) is 0 Å². The van der Waals surface area contributed by atoms with Crippen LogP contribution >= 0.6 is 0 Å². The van der Waals surface area contributed by atoms with Gasteiger partial charge in [0.1, 0.15) is 11.3 Å². The van der Waals surface area contributed by atoms with Crippen molar-refractivity contribution >= 4 is 40.0 Å². The number of fused-ring (bicyclic) bond motifs is 9. The Morgan fingerprint density at radius 2 is 1.21 bits per heavy atom. The van der Waals surface area contributed by atoms with E-state index in [1.807, 2.05) is 36.4 Å². The third kappa shape index (κ3) is 4.54. The Hall–Kier alpha value is -5.30. The molecule has 0 amide bonds. The maximum atomic E-state index is 13.3. The number of rotatable bonds is 2. The zero-order chi connectivity index (χ0) is 30.0. The minimum atomic E-state index is -0.224. The average molecular weight is 565 g/mol. The van der Waals surface area contributed by atoms with Gasteiger partial charge in [-0.1, -0.05) is 35.4 Å². The number of aryl methyl sites for hydroxylation is 6.